The molecule has 2 aromatic rings. The van der Waals surface area contributed by atoms with Crippen LogP contribution in [-0.2, 0) is 0 Å². The topological polar surface area (TPSA) is 61.9 Å². The van der Waals surface area contributed by atoms with Gasteiger partial charge in [0.15, 0.2) is 0 Å². The average Bonchev–Trinajstić information content (AvgIpc) is 3.18. The van der Waals surface area contributed by atoms with Crippen LogP contribution in [0.2, 0.25) is 0 Å². The number of nitrogens with one attached hydrogen (secondary N) is 1. The number of nitrogens with zero attached hydrogens (tertiary/aromatic N) is 3. The fourth-order valence-electron chi connectivity index (χ4n) is 2.72. The number of carbonyl (C=O) groups is 1. The third-order valence-electron chi connectivity index (χ3n) is 3.87. The maximum atomic E-state index is 12.8. The predicted molar refractivity (Wildman–Crippen MR) is 82.4 cm³/mol. The molecule has 1 aliphatic rings. The Morgan fingerprint density at radius 1 is 1.43 bits per heavy atom. The van der Waals surface area contributed by atoms with E-state index in [-0.39, 0.29) is 11.9 Å². The number of aromatic amines is 1. The van der Waals surface area contributed by atoms with Crippen LogP contribution in [0.3, 0.4) is 0 Å². The van der Waals surface area contributed by atoms with Gasteiger partial charge in [-0.25, -0.2) is 9.97 Å². The highest BCUT2D eigenvalue weighted by Gasteiger charge is 2.31. The minimum absolute atomic E-state index is 0.0364. The molecule has 0 saturated carbocycles. The van der Waals surface area contributed by atoms with Gasteiger partial charge in [0.05, 0.1) is 12.2 Å². The van der Waals surface area contributed by atoms with Crippen molar-refractivity contribution in [2.45, 2.75) is 45.1 Å². The zero-order chi connectivity index (χ0) is 14.8. The first kappa shape index (κ1) is 14.3. The molecule has 0 spiro atoms. The van der Waals surface area contributed by atoms with Gasteiger partial charge >= 0.3 is 0 Å². The Kier molecular flexibility index (Phi) is 4.05. The van der Waals surface area contributed by atoms with E-state index in [4.69, 9.17) is 0 Å². The minimum atomic E-state index is 0.0364. The number of hydrogen-bond acceptors (Lipinski definition) is 4. The molecule has 1 atom stereocenters. The number of H-pyrrole nitrogens is 1. The molecule has 0 radical (unpaired) electrons. The Labute approximate surface area is 128 Å². The minimum Gasteiger partial charge on any atom is -0.338 e. The van der Waals surface area contributed by atoms with E-state index in [2.05, 4.69) is 28.8 Å². The molecule has 3 heterocycles. The number of hydrogen-bond donors (Lipinski definition) is 1. The van der Waals surface area contributed by atoms with Gasteiger partial charge in [0, 0.05) is 24.0 Å². The number of thiazole rings is 1. The number of likely N-dealkylation sites (tertiary alicyclic amines) is 1. The van der Waals surface area contributed by atoms with Crippen LogP contribution in [0, 0.1) is 0 Å². The number of aromatic nitrogens is 3. The number of piperidine rings is 1. The fraction of sp³-hybridized carbons (Fsp3) is 0.533. The molecule has 0 unspecified atom stereocenters. The van der Waals surface area contributed by atoms with Gasteiger partial charge in [-0.05, 0) is 19.3 Å². The molecular weight excluding hydrogens is 284 g/mol. The number of imidazole rings is 1. The predicted octanol–water partition coefficient (Wildman–Crippen LogP) is 3.36. The first-order chi connectivity index (χ1) is 10.2. The van der Waals surface area contributed by atoms with Gasteiger partial charge in [-0.15, -0.1) is 11.3 Å². The second-order valence-electron chi connectivity index (χ2n) is 5.72. The first-order valence-electron chi connectivity index (χ1n) is 7.42. The standard InChI is InChI=1S/C15H20N4OS/c1-10(2)13-17-9-11(18-13)15(20)19-7-4-3-5-12(19)14-16-6-8-21-14/h6,8-10,12H,3-5,7H2,1-2H3,(H,17,18)/t12-/m1/s1. The molecule has 112 valence electrons. The largest absolute Gasteiger partial charge is 0.338 e. The van der Waals surface area contributed by atoms with E-state index in [9.17, 15) is 4.79 Å². The number of carbonyl (C=O) groups excluding carboxylic acids is 1. The highest BCUT2D eigenvalue weighted by molar-refractivity contribution is 7.09. The highest BCUT2D eigenvalue weighted by Crippen LogP contribution is 2.33. The van der Waals surface area contributed by atoms with Crippen LogP contribution in [0.25, 0.3) is 0 Å². The van der Waals surface area contributed by atoms with Crippen LogP contribution in [0.5, 0.6) is 0 Å². The lowest BCUT2D eigenvalue weighted by Gasteiger charge is -2.34. The Hall–Kier alpha value is -1.69. The monoisotopic (exact) mass is 304 g/mol. The van der Waals surface area contributed by atoms with Gasteiger partial charge in [0.25, 0.3) is 5.91 Å². The maximum absolute atomic E-state index is 12.8. The Bertz CT molecular complexity index is 605. The summed E-state index contributed by atoms with van der Waals surface area (Å²) in [6, 6.07) is 0.108. The molecule has 0 aliphatic carbocycles. The van der Waals surface area contributed by atoms with Gasteiger partial charge < -0.3 is 9.88 Å². The molecule has 1 N–H and O–H groups in total. The second-order valence-corrected chi connectivity index (χ2v) is 6.64. The quantitative estimate of drug-likeness (QED) is 0.945. The maximum Gasteiger partial charge on any atom is 0.272 e. The van der Waals surface area contributed by atoms with Crippen molar-refractivity contribution in [3.05, 3.63) is 34.3 Å². The van der Waals surface area contributed by atoms with Crippen molar-refractivity contribution in [2.24, 2.45) is 0 Å². The van der Waals surface area contributed by atoms with E-state index >= 15 is 0 Å². The van der Waals surface area contributed by atoms with Crippen LogP contribution < -0.4 is 0 Å². The Balaban J connectivity index is 1.83. The Morgan fingerprint density at radius 2 is 2.29 bits per heavy atom. The summed E-state index contributed by atoms with van der Waals surface area (Å²) >= 11 is 1.63. The normalized spacial score (nSPS) is 19.2. The summed E-state index contributed by atoms with van der Waals surface area (Å²) < 4.78 is 0. The molecule has 0 aromatic carbocycles. The zero-order valence-corrected chi connectivity index (χ0v) is 13.2. The second kappa shape index (κ2) is 5.97. The third kappa shape index (κ3) is 2.85. The van der Waals surface area contributed by atoms with Crippen molar-refractivity contribution in [3.63, 3.8) is 0 Å². The van der Waals surface area contributed by atoms with E-state index < -0.39 is 0 Å². The molecular formula is C15H20N4OS. The van der Waals surface area contributed by atoms with Crippen LogP contribution >= 0.6 is 11.3 Å². The van der Waals surface area contributed by atoms with Gasteiger partial charge in [-0.3, -0.25) is 4.79 Å². The molecule has 1 saturated heterocycles. The van der Waals surface area contributed by atoms with Crippen molar-refractivity contribution in [1.29, 1.82) is 0 Å². The lowest BCUT2D eigenvalue weighted by atomic mass is 10.0. The third-order valence-corrected chi connectivity index (χ3v) is 4.75. The summed E-state index contributed by atoms with van der Waals surface area (Å²) in [6.07, 6.45) is 6.66. The summed E-state index contributed by atoms with van der Waals surface area (Å²) in [5, 5.41) is 3.01. The molecule has 2 aromatic heterocycles. The van der Waals surface area contributed by atoms with Crippen molar-refractivity contribution in [3.8, 4) is 0 Å². The van der Waals surface area contributed by atoms with Crippen molar-refractivity contribution in [1.82, 2.24) is 19.9 Å². The van der Waals surface area contributed by atoms with Gasteiger partial charge in [-0.2, -0.15) is 0 Å². The lowest BCUT2D eigenvalue weighted by Crippen LogP contribution is -2.38. The van der Waals surface area contributed by atoms with E-state index in [0.29, 0.717) is 11.6 Å². The molecule has 0 bridgehead atoms. The average molecular weight is 304 g/mol. The van der Waals surface area contributed by atoms with E-state index in [1.165, 1.54) is 0 Å². The summed E-state index contributed by atoms with van der Waals surface area (Å²) in [4.78, 5) is 26.6. The molecule has 21 heavy (non-hydrogen) atoms. The van der Waals surface area contributed by atoms with Crippen LogP contribution in [0.1, 0.15) is 66.4 Å². The van der Waals surface area contributed by atoms with Crippen molar-refractivity contribution >= 4 is 17.2 Å². The fourth-order valence-corrected chi connectivity index (χ4v) is 3.51. The zero-order valence-electron chi connectivity index (χ0n) is 12.4. The van der Waals surface area contributed by atoms with Crippen molar-refractivity contribution < 1.29 is 4.79 Å². The molecule has 6 heteroatoms. The summed E-state index contributed by atoms with van der Waals surface area (Å²) in [5.41, 5.74) is 0.585. The molecule has 1 amide bonds. The lowest BCUT2D eigenvalue weighted by molar-refractivity contribution is 0.0605. The Morgan fingerprint density at radius 3 is 2.95 bits per heavy atom. The molecule has 5 nitrogen and oxygen atoms in total. The molecule has 1 fully saturated rings. The van der Waals surface area contributed by atoms with Gasteiger partial charge in [0.1, 0.15) is 16.5 Å². The van der Waals surface area contributed by atoms with Gasteiger partial charge in [-0.1, -0.05) is 13.8 Å². The number of amides is 1. The summed E-state index contributed by atoms with van der Waals surface area (Å²) in [6.45, 7) is 4.91. The first-order valence-corrected chi connectivity index (χ1v) is 8.30. The van der Waals surface area contributed by atoms with Gasteiger partial charge in [0.2, 0.25) is 0 Å². The van der Waals surface area contributed by atoms with E-state index in [0.717, 1.165) is 36.6 Å². The number of rotatable bonds is 3. The van der Waals surface area contributed by atoms with E-state index in [1.807, 2.05) is 16.5 Å². The van der Waals surface area contributed by atoms with E-state index in [1.54, 1.807) is 17.5 Å². The molecule has 1 aliphatic heterocycles. The van der Waals surface area contributed by atoms with Crippen LogP contribution in [-0.4, -0.2) is 32.3 Å². The summed E-state index contributed by atoms with van der Waals surface area (Å²) in [7, 11) is 0. The smallest absolute Gasteiger partial charge is 0.272 e. The SMILES string of the molecule is CC(C)c1ncc(C(=O)N2CCCC[C@@H]2c2nccs2)[nH]1. The van der Waals surface area contributed by atoms with Crippen molar-refractivity contribution in [2.75, 3.05) is 6.54 Å². The highest BCUT2D eigenvalue weighted by atomic mass is 32.1. The molecule has 3 rings (SSSR count). The van der Waals surface area contributed by atoms with Crippen LogP contribution in [0.4, 0.5) is 0 Å². The van der Waals surface area contributed by atoms with Crippen LogP contribution in [0.15, 0.2) is 17.8 Å². The summed E-state index contributed by atoms with van der Waals surface area (Å²) in [5.74, 6) is 1.19.